The van der Waals surface area contributed by atoms with Gasteiger partial charge < -0.3 is 14.8 Å². The smallest absolute Gasteiger partial charge is 0.174 e. The first-order valence-corrected chi connectivity index (χ1v) is 8.35. The van der Waals surface area contributed by atoms with Gasteiger partial charge in [-0.15, -0.1) is 0 Å². The molecule has 22 heavy (non-hydrogen) atoms. The van der Waals surface area contributed by atoms with Crippen LogP contribution < -0.4 is 14.8 Å². The van der Waals surface area contributed by atoms with Crippen molar-refractivity contribution >= 4 is 11.8 Å². The first kappa shape index (κ1) is 15.3. The molecule has 1 N–H and O–H groups in total. The van der Waals surface area contributed by atoms with Gasteiger partial charge in [-0.05, 0) is 55.3 Å². The quantitative estimate of drug-likeness (QED) is 0.935. The van der Waals surface area contributed by atoms with E-state index in [2.05, 4.69) is 35.6 Å². The molecular formula is C18H21NO2S. The number of hydrogen-bond donors (Lipinski definition) is 1. The minimum absolute atomic E-state index is 0.821. The highest BCUT2D eigenvalue weighted by molar-refractivity contribution is 7.99. The SMILES string of the molecule is COc1cc2c(c(Sc3ccccc3)c1OC)CCNCC2. The highest BCUT2D eigenvalue weighted by Gasteiger charge is 2.21. The van der Waals surface area contributed by atoms with Gasteiger partial charge in [0.15, 0.2) is 11.5 Å². The molecule has 2 aromatic rings. The van der Waals surface area contributed by atoms with E-state index >= 15 is 0 Å². The molecule has 0 radical (unpaired) electrons. The fourth-order valence-corrected chi connectivity index (χ4v) is 3.99. The summed E-state index contributed by atoms with van der Waals surface area (Å²) in [5, 5.41) is 3.47. The Morgan fingerprint density at radius 2 is 1.77 bits per heavy atom. The molecule has 0 spiro atoms. The van der Waals surface area contributed by atoms with E-state index < -0.39 is 0 Å². The number of hydrogen-bond acceptors (Lipinski definition) is 4. The lowest BCUT2D eigenvalue weighted by Crippen LogP contribution is -2.16. The first-order chi connectivity index (χ1) is 10.8. The van der Waals surface area contributed by atoms with E-state index in [1.165, 1.54) is 20.9 Å². The van der Waals surface area contributed by atoms with E-state index in [1.807, 2.05) is 6.07 Å². The molecule has 3 nitrogen and oxygen atoms in total. The third kappa shape index (κ3) is 3.08. The fourth-order valence-electron chi connectivity index (χ4n) is 2.82. The molecule has 0 saturated carbocycles. The number of fused-ring (bicyclic) bond motifs is 1. The van der Waals surface area contributed by atoms with Gasteiger partial charge in [-0.25, -0.2) is 0 Å². The monoisotopic (exact) mass is 315 g/mol. The van der Waals surface area contributed by atoms with Gasteiger partial charge in [0, 0.05) is 4.90 Å². The first-order valence-electron chi connectivity index (χ1n) is 7.54. The van der Waals surface area contributed by atoms with Crippen LogP contribution in [0.5, 0.6) is 11.5 Å². The number of rotatable bonds is 4. The normalized spacial score (nSPS) is 14.1. The summed E-state index contributed by atoms with van der Waals surface area (Å²) in [6.07, 6.45) is 2.04. The van der Waals surface area contributed by atoms with E-state index in [-0.39, 0.29) is 0 Å². The molecule has 0 unspecified atom stereocenters. The van der Waals surface area contributed by atoms with Crippen LogP contribution >= 0.6 is 11.8 Å². The molecule has 0 amide bonds. The molecule has 4 heteroatoms. The van der Waals surface area contributed by atoms with E-state index in [9.17, 15) is 0 Å². The summed E-state index contributed by atoms with van der Waals surface area (Å²) >= 11 is 1.76. The van der Waals surface area contributed by atoms with Crippen molar-refractivity contribution in [2.45, 2.75) is 22.6 Å². The third-order valence-electron chi connectivity index (χ3n) is 3.91. The maximum Gasteiger partial charge on any atom is 0.174 e. The van der Waals surface area contributed by atoms with Crippen molar-refractivity contribution in [2.75, 3.05) is 27.3 Å². The van der Waals surface area contributed by atoms with Gasteiger partial charge in [-0.3, -0.25) is 0 Å². The van der Waals surface area contributed by atoms with Crippen LogP contribution in [0.3, 0.4) is 0 Å². The van der Waals surface area contributed by atoms with Crippen LogP contribution in [-0.4, -0.2) is 27.3 Å². The predicted molar refractivity (Wildman–Crippen MR) is 90.4 cm³/mol. The third-order valence-corrected chi connectivity index (χ3v) is 5.05. The summed E-state index contributed by atoms with van der Waals surface area (Å²) in [6, 6.07) is 12.6. The Bertz CT molecular complexity index is 643. The molecule has 0 bridgehead atoms. The van der Waals surface area contributed by atoms with Crippen LogP contribution in [0.1, 0.15) is 11.1 Å². The Balaban J connectivity index is 2.11. The molecule has 0 fully saturated rings. The summed E-state index contributed by atoms with van der Waals surface area (Å²) in [4.78, 5) is 2.40. The summed E-state index contributed by atoms with van der Waals surface area (Å²) in [7, 11) is 3.42. The van der Waals surface area contributed by atoms with Crippen LogP contribution in [0.4, 0.5) is 0 Å². The topological polar surface area (TPSA) is 30.5 Å². The maximum absolute atomic E-state index is 5.68. The predicted octanol–water partition coefficient (Wildman–Crippen LogP) is 3.54. The van der Waals surface area contributed by atoms with Crippen LogP contribution in [0, 0.1) is 0 Å². The Labute approximate surface area is 136 Å². The highest BCUT2D eigenvalue weighted by atomic mass is 32.2. The number of benzene rings is 2. The number of nitrogens with one attached hydrogen (secondary N) is 1. The minimum atomic E-state index is 0.821. The van der Waals surface area contributed by atoms with Crippen molar-refractivity contribution in [1.82, 2.24) is 5.32 Å². The van der Waals surface area contributed by atoms with Gasteiger partial charge in [-0.2, -0.15) is 0 Å². The zero-order valence-electron chi connectivity index (χ0n) is 13.0. The maximum atomic E-state index is 5.68. The van der Waals surface area contributed by atoms with Crippen LogP contribution in [0.2, 0.25) is 0 Å². The van der Waals surface area contributed by atoms with Crippen LogP contribution in [-0.2, 0) is 12.8 Å². The Morgan fingerprint density at radius 1 is 1.00 bits per heavy atom. The molecule has 3 rings (SSSR count). The van der Waals surface area contributed by atoms with Gasteiger partial charge >= 0.3 is 0 Å². The molecule has 0 atom stereocenters. The van der Waals surface area contributed by atoms with Gasteiger partial charge in [0.1, 0.15) is 0 Å². The molecule has 0 saturated heterocycles. The average molecular weight is 315 g/mol. The fraction of sp³-hybridized carbons (Fsp3) is 0.333. The summed E-state index contributed by atoms with van der Waals surface area (Å²) in [6.45, 7) is 2.02. The largest absolute Gasteiger partial charge is 0.493 e. The van der Waals surface area contributed by atoms with Crippen molar-refractivity contribution in [1.29, 1.82) is 0 Å². The van der Waals surface area contributed by atoms with Gasteiger partial charge in [0.2, 0.25) is 0 Å². The Morgan fingerprint density at radius 3 is 2.50 bits per heavy atom. The van der Waals surface area contributed by atoms with Crippen molar-refractivity contribution in [3.8, 4) is 11.5 Å². The molecule has 2 aromatic carbocycles. The molecule has 0 aliphatic carbocycles. The summed E-state index contributed by atoms with van der Waals surface area (Å²) in [5.41, 5.74) is 2.75. The summed E-state index contributed by atoms with van der Waals surface area (Å²) in [5.74, 6) is 1.67. The standard InChI is InChI=1S/C18H21NO2S/c1-20-16-12-13-8-10-19-11-9-15(13)18(17(16)21-2)22-14-6-4-3-5-7-14/h3-7,12,19H,8-11H2,1-2H3. The van der Waals surface area contributed by atoms with E-state index in [0.29, 0.717) is 0 Å². The number of methoxy groups -OCH3 is 2. The van der Waals surface area contributed by atoms with E-state index in [4.69, 9.17) is 9.47 Å². The molecule has 0 aromatic heterocycles. The van der Waals surface area contributed by atoms with Gasteiger partial charge in [0.25, 0.3) is 0 Å². The molecule has 1 aliphatic rings. The Hall–Kier alpha value is -1.65. The zero-order valence-corrected chi connectivity index (χ0v) is 13.8. The molecule has 116 valence electrons. The lowest BCUT2D eigenvalue weighted by atomic mass is 10.0. The Kier molecular flexibility index (Phi) is 4.90. The number of ether oxygens (including phenoxy) is 2. The zero-order chi connectivity index (χ0) is 15.4. The van der Waals surface area contributed by atoms with Crippen molar-refractivity contribution in [3.63, 3.8) is 0 Å². The average Bonchev–Trinajstić information content (AvgIpc) is 2.80. The molecule has 1 heterocycles. The van der Waals surface area contributed by atoms with Crippen molar-refractivity contribution in [2.24, 2.45) is 0 Å². The highest BCUT2D eigenvalue weighted by Crippen LogP contribution is 2.45. The minimum Gasteiger partial charge on any atom is -0.493 e. The second kappa shape index (κ2) is 7.07. The van der Waals surface area contributed by atoms with Crippen molar-refractivity contribution in [3.05, 3.63) is 47.5 Å². The van der Waals surface area contributed by atoms with Crippen LogP contribution in [0.15, 0.2) is 46.2 Å². The van der Waals surface area contributed by atoms with Crippen LogP contribution in [0.25, 0.3) is 0 Å². The van der Waals surface area contributed by atoms with Gasteiger partial charge in [0.05, 0.1) is 19.1 Å². The summed E-state index contributed by atoms with van der Waals surface area (Å²) < 4.78 is 11.2. The van der Waals surface area contributed by atoms with E-state index in [0.717, 1.165) is 37.4 Å². The molecular weight excluding hydrogens is 294 g/mol. The second-order valence-corrected chi connectivity index (χ2v) is 6.33. The van der Waals surface area contributed by atoms with Crippen molar-refractivity contribution < 1.29 is 9.47 Å². The lowest BCUT2D eigenvalue weighted by Gasteiger charge is -2.19. The second-order valence-electron chi connectivity index (χ2n) is 5.24. The van der Waals surface area contributed by atoms with E-state index in [1.54, 1.807) is 26.0 Å². The molecule has 1 aliphatic heterocycles. The lowest BCUT2D eigenvalue weighted by molar-refractivity contribution is 0.346. The van der Waals surface area contributed by atoms with Gasteiger partial charge in [-0.1, -0.05) is 30.0 Å².